The average molecular weight is 430 g/mol. The average Bonchev–Trinajstić information content (AvgIpc) is 2.74. The Bertz CT molecular complexity index is 653. The molecule has 1 unspecified atom stereocenters. The molecule has 0 radical (unpaired) electrons. The third kappa shape index (κ3) is 10.7. The van der Waals surface area contributed by atoms with Crippen LogP contribution in [-0.2, 0) is 27.1 Å². The SMILES string of the molecule is C#C.C#C.CCCN(Cc1cc(F)c([C@@H]2CCCOC2)cc1F)S(C)=O.O=CO. The maximum Gasteiger partial charge on any atom is 0.290 e. The molecule has 1 saturated heterocycles. The van der Waals surface area contributed by atoms with E-state index in [2.05, 4.69) is 25.7 Å². The number of ether oxygens (including phenoxy) is 1. The summed E-state index contributed by atoms with van der Waals surface area (Å²) in [5, 5.41) is 6.89. The van der Waals surface area contributed by atoms with E-state index in [-0.39, 0.29) is 24.5 Å². The standard InChI is InChI=1S/C16H23F2NO2S.2C2H2.CH2O2/c1-3-6-19(22(2)20)10-13-8-16(18)14(9-15(13)17)12-5-4-7-21-11-12;2*1-2;2-1-3/h8-9,12H,3-7,10-11H2,1-2H3;2*1-2H;1H,(H,2,3)/t12-,22?;;;/m1.../s1. The first kappa shape index (κ1) is 28.9. The van der Waals surface area contributed by atoms with Crippen LogP contribution in [0.2, 0.25) is 0 Å². The Morgan fingerprint density at radius 1 is 1.28 bits per heavy atom. The van der Waals surface area contributed by atoms with E-state index >= 15 is 0 Å². The van der Waals surface area contributed by atoms with Crippen molar-refractivity contribution in [2.24, 2.45) is 0 Å². The van der Waals surface area contributed by atoms with Crippen molar-refractivity contribution < 1.29 is 27.6 Å². The van der Waals surface area contributed by atoms with Crippen LogP contribution >= 0.6 is 0 Å². The number of carboxylic acid groups (broad SMARTS) is 1. The molecular weight excluding hydrogens is 400 g/mol. The lowest BCUT2D eigenvalue weighted by Crippen LogP contribution is -2.26. The molecule has 0 bridgehead atoms. The molecule has 1 heterocycles. The molecule has 0 aromatic heterocycles. The number of terminal acetylenes is 2. The third-order valence-electron chi connectivity index (χ3n) is 3.95. The number of halogens is 2. The minimum atomic E-state index is -1.20. The van der Waals surface area contributed by atoms with Crippen molar-refractivity contribution >= 4 is 17.5 Å². The zero-order valence-corrected chi connectivity index (χ0v) is 17.7. The zero-order chi connectivity index (χ0) is 22.8. The van der Waals surface area contributed by atoms with Gasteiger partial charge in [0.15, 0.2) is 0 Å². The third-order valence-corrected chi connectivity index (χ3v) is 4.99. The normalized spacial score (nSPS) is 16.0. The summed E-state index contributed by atoms with van der Waals surface area (Å²) >= 11 is 0. The summed E-state index contributed by atoms with van der Waals surface area (Å²) in [6.07, 6.45) is 20.0. The molecule has 0 amide bonds. The van der Waals surface area contributed by atoms with Crippen LogP contribution in [0.5, 0.6) is 0 Å². The molecule has 29 heavy (non-hydrogen) atoms. The van der Waals surface area contributed by atoms with Gasteiger partial charge in [-0.05, 0) is 37.0 Å². The van der Waals surface area contributed by atoms with Gasteiger partial charge in [-0.3, -0.25) is 4.79 Å². The van der Waals surface area contributed by atoms with Gasteiger partial charge in [0.1, 0.15) is 11.6 Å². The molecule has 0 aliphatic carbocycles. The summed E-state index contributed by atoms with van der Waals surface area (Å²) in [6, 6.07) is 2.53. The van der Waals surface area contributed by atoms with Gasteiger partial charge < -0.3 is 9.84 Å². The fourth-order valence-electron chi connectivity index (χ4n) is 2.76. The molecule has 0 spiro atoms. The molecule has 5 nitrogen and oxygen atoms in total. The topological polar surface area (TPSA) is 66.8 Å². The maximum atomic E-state index is 14.3. The lowest BCUT2D eigenvalue weighted by Gasteiger charge is -2.24. The van der Waals surface area contributed by atoms with Crippen LogP contribution in [0.1, 0.15) is 43.2 Å². The monoisotopic (exact) mass is 429 g/mol. The van der Waals surface area contributed by atoms with E-state index in [0.717, 1.165) is 19.3 Å². The highest BCUT2D eigenvalue weighted by molar-refractivity contribution is 7.81. The van der Waals surface area contributed by atoms with Gasteiger partial charge in [0.05, 0.1) is 17.6 Å². The molecule has 8 heteroatoms. The van der Waals surface area contributed by atoms with Gasteiger partial charge in [0, 0.05) is 37.4 Å². The summed E-state index contributed by atoms with van der Waals surface area (Å²) in [6.45, 7) is 3.58. The fourth-order valence-corrected chi connectivity index (χ4v) is 3.52. The first-order valence-corrected chi connectivity index (χ1v) is 10.3. The summed E-state index contributed by atoms with van der Waals surface area (Å²) in [7, 11) is -1.20. The second-order valence-electron chi connectivity index (χ2n) is 5.77. The van der Waals surface area contributed by atoms with Crippen LogP contribution in [0.3, 0.4) is 0 Å². The highest BCUT2D eigenvalue weighted by atomic mass is 32.2. The molecule has 1 aliphatic heterocycles. The van der Waals surface area contributed by atoms with Crippen LogP contribution < -0.4 is 0 Å². The Labute approximate surface area is 175 Å². The van der Waals surface area contributed by atoms with Crippen LogP contribution in [0, 0.1) is 37.3 Å². The zero-order valence-electron chi connectivity index (χ0n) is 16.9. The summed E-state index contributed by atoms with van der Waals surface area (Å²) in [5.41, 5.74) is 0.641. The number of carbonyl (C=O) groups is 1. The van der Waals surface area contributed by atoms with Crippen molar-refractivity contribution in [1.82, 2.24) is 4.31 Å². The van der Waals surface area contributed by atoms with Crippen LogP contribution in [0.25, 0.3) is 0 Å². The van der Waals surface area contributed by atoms with Crippen molar-refractivity contribution in [2.45, 2.75) is 38.6 Å². The minimum absolute atomic E-state index is 0.0793. The number of nitrogens with zero attached hydrogens (tertiary/aromatic N) is 1. The molecule has 1 aromatic carbocycles. The van der Waals surface area contributed by atoms with Gasteiger partial charge in [0.25, 0.3) is 6.47 Å². The Kier molecular flexibility index (Phi) is 17.8. The molecule has 1 N–H and O–H groups in total. The second kappa shape index (κ2) is 17.8. The van der Waals surface area contributed by atoms with Gasteiger partial charge >= 0.3 is 0 Å². The van der Waals surface area contributed by atoms with Gasteiger partial charge in [-0.25, -0.2) is 17.3 Å². The van der Waals surface area contributed by atoms with Gasteiger partial charge in [-0.1, -0.05) is 6.92 Å². The Balaban J connectivity index is 0. The van der Waals surface area contributed by atoms with Crippen molar-refractivity contribution in [2.75, 3.05) is 26.0 Å². The van der Waals surface area contributed by atoms with Gasteiger partial charge in [0.2, 0.25) is 0 Å². The molecule has 0 saturated carbocycles. The van der Waals surface area contributed by atoms with Crippen LogP contribution in [0.15, 0.2) is 12.1 Å². The fraction of sp³-hybridized carbons (Fsp3) is 0.476. The van der Waals surface area contributed by atoms with Crippen LogP contribution in [0.4, 0.5) is 8.78 Å². The second-order valence-corrected chi connectivity index (χ2v) is 7.14. The Morgan fingerprint density at radius 3 is 2.31 bits per heavy atom. The molecule has 1 aliphatic rings. The molecule has 162 valence electrons. The predicted molar refractivity (Wildman–Crippen MR) is 112 cm³/mol. The van der Waals surface area contributed by atoms with Gasteiger partial charge in [-0.2, -0.15) is 0 Å². The number of hydrogen-bond acceptors (Lipinski definition) is 3. The summed E-state index contributed by atoms with van der Waals surface area (Å²) in [4.78, 5) is 8.36. The predicted octanol–water partition coefficient (Wildman–Crippen LogP) is 3.56. The first-order valence-electron chi connectivity index (χ1n) is 8.83. The first-order chi connectivity index (χ1) is 13.9. The van der Waals surface area contributed by atoms with E-state index in [4.69, 9.17) is 14.6 Å². The van der Waals surface area contributed by atoms with Crippen molar-refractivity contribution in [1.29, 1.82) is 0 Å². The number of hydrogen-bond donors (Lipinski definition) is 1. The van der Waals surface area contributed by atoms with Crippen molar-refractivity contribution in [3.63, 3.8) is 0 Å². The molecule has 2 rings (SSSR count). The van der Waals surface area contributed by atoms with E-state index in [1.54, 1.807) is 10.6 Å². The van der Waals surface area contributed by atoms with Crippen LogP contribution in [-0.4, -0.2) is 46.1 Å². The van der Waals surface area contributed by atoms with E-state index in [0.29, 0.717) is 25.3 Å². The van der Waals surface area contributed by atoms with E-state index < -0.39 is 22.6 Å². The lowest BCUT2D eigenvalue weighted by atomic mass is 9.92. The maximum absolute atomic E-state index is 14.3. The van der Waals surface area contributed by atoms with E-state index in [1.807, 2.05) is 6.92 Å². The Morgan fingerprint density at radius 2 is 1.86 bits per heavy atom. The van der Waals surface area contributed by atoms with E-state index in [1.165, 1.54) is 12.1 Å². The highest BCUT2D eigenvalue weighted by Gasteiger charge is 2.22. The number of benzene rings is 1. The van der Waals surface area contributed by atoms with Crippen molar-refractivity contribution in [3.05, 3.63) is 34.9 Å². The largest absolute Gasteiger partial charge is 0.483 e. The Hall–Kier alpha value is -2.26. The minimum Gasteiger partial charge on any atom is -0.483 e. The highest BCUT2D eigenvalue weighted by Crippen LogP contribution is 2.29. The summed E-state index contributed by atoms with van der Waals surface area (Å²) in [5.74, 6) is -0.914. The molecule has 1 fully saturated rings. The van der Waals surface area contributed by atoms with Gasteiger partial charge in [-0.15, -0.1) is 25.7 Å². The quantitative estimate of drug-likeness (QED) is 0.555. The van der Waals surface area contributed by atoms with Crippen molar-refractivity contribution in [3.8, 4) is 25.7 Å². The number of rotatable bonds is 6. The van der Waals surface area contributed by atoms with E-state index in [9.17, 15) is 13.0 Å². The lowest BCUT2D eigenvalue weighted by molar-refractivity contribution is -0.122. The molecule has 1 aromatic rings. The molecule has 2 atom stereocenters. The smallest absolute Gasteiger partial charge is 0.290 e. The summed E-state index contributed by atoms with van der Waals surface area (Å²) < 4.78 is 47.3. The molecular formula is C21H29F2NO4S.